The fraction of sp³-hybridized carbons (Fsp3) is 0.421. The maximum absolute atomic E-state index is 12.1. The Balaban J connectivity index is 0.00000392. The van der Waals surface area contributed by atoms with Gasteiger partial charge >= 0.3 is 0 Å². The molecular weight excluding hydrogens is 491 g/mol. The minimum Gasteiger partial charge on any atom is -0.357 e. The number of carbonyl (C=O) groups excluding carboxylic acids is 1. The molecule has 1 amide bonds. The van der Waals surface area contributed by atoms with E-state index in [0.717, 1.165) is 30.8 Å². The first-order chi connectivity index (χ1) is 13.1. The third-order valence-corrected chi connectivity index (χ3v) is 4.31. The highest BCUT2D eigenvalue weighted by Gasteiger charge is 2.07. The van der Waals surface area contributed by atoms with E-state index in [2.05, 4.69) is 26.0 Å². The van der Waals surface area contributed by atoms with Crippen LogP contribution in [0.2, 0.25) is 5.02 Å². The van der Waals surface area contributed by atoms with Crippen LogP contribution in [0.3, 0.4) is 0 Å². The molecular formula is C19H28ClIN6O. The van der Waals surface area contributed by atoms with E-state index in [1.807, 2.05) is 42.9 Å². The molecule has 3 N–H and O–H groups in total. The normalized spacial score (nSPS) is 10.9. The molecule has 0 aliphatic rings. The van der Waals surface area contributed by atoms with Gasteiger partial charge in [-0.2, -0.15) is 5.10 Å². The molecule has 0 aliphatic heterocycles. The van der Waals surface area contributed by atoms with Crippen LogP contribution in [-0.2, 0) is 11.3 Å². The SMILES string of the molecule is CCNC(=NCCCn1cccn1)NCCC(=O)Nc1cccc(Cl)c1C.I. The van der Waals surface area contributed by atoms with Crippen LogP contribution >= 0.6 is 35.6 Å². The first kappa shape index (κ1) is 24.2. The standard InChI is InChI=1S/C19H27ClN6O.HI/c1-3-21-19(22-10-5-13-26-14-6-11-24-26)23-12-9-18(27)25-17-8-4-7-16(20)15(17)2;/h4,6-8,11,14H,3,5,9-10,12-13H2,1-2H3,(H,25,27)(H2,21,22,23);1H. The van der Waals surface area contributed by atoms with Gasteiger partial charge in [0.25, 0.3) is 0 Å². The van der Waals surface area contributed by atoms with Crippen molar-refractivity contribution in [1.82, 2.24) is 20.4 Å². The Hall–Kier alpha value is -1.81. The summed E-state index contributed by atoms with van der Waals surface area (Å²) in [6.07, 6.45) is 4.94. The van der Waals surface area contributed by atoms with Gasteiger partial charge in [-0.1, -0.05) is 17.7 Å². The van der Waals surface area contributed by atoms with Gasteiger partial charge in [-0.3, -0.25) is 14.5 Å². The molecule has 9 heteroatoms. The molecule has 2 aromatic rings. The minimum absolute atomic E-state index is 0. The number of aryl methyl sites for hydroxylation is 1. The number of amides is 1. The molecule has 0 saturated heterocycles. The highest BCUT2D eigenvalue weighted by molar-refractivity contribution is 14.0. The van der Waals surface area contributed by atoms with Crippen molar-refractivity contribution in [1.29, 1.82) is 0 Å². The number of carbonyl (C=O) groups is 1. The zero-order valence-corrected chi connectivity index (χ0v) is 19.3. The smallest absolute Gasteiger partial charge is 0.226 e. The van der Waals surface area contributed by atoms with Crippen molar-refractivity contribution in [2.75, 3.05) is 25.0 Å². The third-order valence-electron chi connectivity index (χ3n) is 3.90. The highest BCUT2D eigenvalue weighted by atomic mass is 127. The average Bonchev–Trinajstić information content (AvgIpc) is 3.16. The van der Waals surface area contributed by atoms with Crippen molar-refractivity contribution in [3.63, 3.8) is 0 Å². The van der Waals surface area contributed by atoms with E-state index in [4.69, 9.17) is 11.6 Å². The lowest BCUT2D eigenvalue weighted by atomic mass is 10.2. The van der Waals surface area contributed by atoms with Crippen LogP contribution in [-0.4, -0.2) is 41.3 Å². The summed E-state index contributed by atoms with van der Waals surface area (Å²) in [6, 6.07) is 7.38. The molecule has 1 heterocycles. The van der Waals surface area contributed by atoms with Gasteiger partial charge < -0.3 is 16.0 Å². The quantitative estimate of drug-likeness (QED) is 0.206. The number of aliphatic imine (C=N–C) groups is 1. The van der Waals surface area contributed by atoms with E-state index in [1.54, 1.807) is 12.3 Å². The summed E-state index contributed by atoms with van der Waals surface area (Å²) in [5.41, 5.74) is 1.61. The van der Waals surface area contributed by atoms with Gasteiger partial charge in [-0.25, -0.2) is 0 Å². The molecule has 0 radical (unpaired) electrons. The molecule has 0 fully saturated rings. The number of hydrogen-bond acceptors (Lipinski definition) is 3. The van der Waals surface area contributed by atoms with Crippen molar-refractivity contribution in [3.8, 4) is 0 Å². The van der Waals surface area contributed by atoms with Crippen LogP contribution < -0.4 is 16.0 Å². The molecule has 28 heavy (non-hydrogen) atoms. The summed E-state index contributed by atoms with van der Waals surface area (Å²) in [5.74, 6) is 0.645. The predicted molar refractivity (Wildman–Crippen MR) is 126 cm³/mol. The Morgan fingerprint density at radius 3 is 2.82 bits per heavy atom. The van der Waals surface area contributed by atoms with E-state index >= 15 is 0 Å². The molecule has 0 aliphatic carbocycles. The van der Waals surface area contributed by atoms with Crippen molar-refractivity contribution < 1.29 is 4.79 Å². The molecule has 2 rings (SSSR count). The molecule has 0 saturated carbocycles. The second-order valence-electron chi connectivity index (χ2n) is 6.02. The number of nitrogens with zero attached hydrogens (tertiary/aromatic N) is 3. The van der Waals surface area contributed by atoms with E-state index in [1.165, 1.54) is 0 Å². The van der Waals surface area contributed by atoms with Crippen LogP contribution in [0, 0.1) is 6.92 Å². The van der Waals surface area contributed by atoms with Crippen molar-refractivity contribution in [2.45, 2.75) is 33.2 Å². The zero-order chi connectivity index (χ0) is 19.5. The van der Waals surface area contributed by atoms with Gasteiger partial charge in [0.15, 0.2) is 5.96 Å². The van der Waals surface area contributed by atoms with E-state index in [9.17, 15) is 4.79 Å². The molecule has 154 valence electrons. The van der Waals surface area contributed by atoms with E-state index in [0.29, 0.717) is 30.5 Å². The molecule has 0 atom stereocenters. The molecule has 1 aromatic heterocycles. The summed E-state index contributed by atoms with van der Waals surface area (Å²) in [7, 11) is 0. The second kappa shape index (κ2) is 13.4. The largest absolute Gasteiger partial charge is 0.357 e. The Labute approximate surface area is 188 Å². The number of hydrogen-bond donors (Lipinski definition) is 3. The van der Waals surface area contributed by atoms with Crippen LogP contribution in [0.1, 0.15) is 25.3 Å². The van der Waals surface area contributed by atoms with Crippen LogP contribution in [0.15, 0.2) is 41.7 Å². The minimum atomic E-state index is -0.0672. The summed E-state index contributed by atoms with van der Waals surface area (Å²) >= 11 is 6.08. The van der Waals surface area contributed by atoms with Crippen LogP contribution in [0.5, 0.6) is 0 Å². The summed E-state index contributed by atoms with van der Waals surface area (Å²) in [6.45, 7) is 6.67. The zero-order valence-electron chi connectivity index (χ0n) is 16.2. The molecule has 0 spiro atoms. The number of guanidine groups is 1. The Morgan fingerprint density at radius 2 is 2.11 bits per heavy atom. The lowest BCUT2D eigenvalue weighted by Gasteiger charge is -2.12. The Morgan fingerprint density at radius 1 is 1.29 bits per heavy atom. The number of aromatic nitrogens is 2. The van der Waals surface area contributed by atoms with E-state index < -0.39 is 0 Å². The Kier molecular flexibility index (Phi) is 11.6. The summed E-state index contributed by atoms with van der Waals surface area (Å²) in [5, 5.41) is 14.1. The number of benzene rings is 1. The number of anilines is 1. The maximum atomic E-state index is 12.1. The fourth-order valence-corrected chi connectivity index (χ4v) is 2.62. The van der Waals surface area contributed by atoms with E-state index in [-0.39, 0.29) is 29.9 Å². The first-order valence-electron chi connectivity index (χ1n) is 9.14. The summed E-state index contributed by atoms with van der Waals surface area (Å²) < 4.78 is 1.89. The van der Waals surface area contributed by atoms with Gasteiger partial charge in [0.1, 0.15) is 0 Å². The molecule has 7 nitrogen and oxygen atoms in total. The van der Waals surface area contributed by atoms with Gasteiger partial charge in [-0.15, -0.1) is 24.0 Å². The molecule has 1 aromatic carbocycles. The van der Waals surface area contributed by atoms with Gasteiger partial charge in [0.05, 0.1) is 0 Å². The molecule has 0 bridgehead atoms. The lowest BCUT2D eigenvalue weighted by Crippen LogP contribution is -2.38. The Bertz CT molecular complexity index is 751. The first-order valence-corrected chi connectivity index (χ1v) is 9.52. The average molecular weight is 519 g/mol. The number of halogens is 2. The van der Waals surface area contributed by atoms with Crippen LogP contribution in [0.25, 0.3) is 0 Å². The topological polar surface area (TPSA) is 83.3 Å². The van der Waals surface area contributed by atoms with Crippen molar-refractivity contribution in [3.05, 3.63) is 47.2 Å². The van der Waals surface area contributed by atoms with Crippen LogP contribution in [0.4, 0.5) is 5.69 Å². The molecule has 0 unspecified atom stereocenters. The number of rotatable bonds is 9. The monoisotopic (exact) mass is 518 g/mol. The van der Waals surface area contributed by atoms with Gasteiger partial charge in [-0.05, 0) is 44.0 Å². The van der Waals surface area contributed by atoms with Gasteiger partial charge in [0, 0.05) is 55.7 Å². The van der Waals surface area contributed by atoms with Crippen molar-refractivity contribution >= 4 is 53.1 Å². The highest BCUT2D eigenvalue weighted by Crippen LogP contribution is 2.22. The number of nitrogens with one attached hydrogen (secondary N) is 3. The third kappa shape index (κ3) is 8.47. The van der Waals surface area contributed by atoms with Crippen molar-refractivity contribution in [2.24, 2.45) is 4.99 Å². The maximum Gasteiger partial charge on any atom is 0.226 e. The second-order valence-corrected chi connectivity index (χ2v) is 6.43. The summed E-state index contributed by atoms with van der Waals surface area (Å²) in [4.78, 5) is 16.7. The van der Waals surface area contributed by atoms with Gasteiger partial charge in [0.2, 0.25) is 5.91 Å². The predicted octanol–water partition coefficient (Wildman–Crippen LogP) is 3.44. The fourth-order valence-electron chi connectivity index (χ4n) is 2.45. The lowest BCUT2D eigenvalue weighted by molar-refractivity contribution is -0.116.